The van der Waals surface area contributed by atoms with Crippen LogP contribution in [0.25, 0.3) is 0 Å². The summed E-state index contributed by atoms with van der Waals surface area (Å²) in [6, 6.07) is 27.7. The maximum Gasteiger partial charge on any atom is 0.233 e. The van der Waals surface area contributed by atoms with Gasteiger partial charge in [-0.3, -0.25) is 4.79 Å². The van der Waals surface area contributed by atoms with Crippen LogP contribution in [0.2, 0.25) is 0 Å². The van der Waals surface area contributed by atoms with E-state index < -0.39 is 0 Å². The predicted octanol–water partition coefficient (Wildman–Crippen LogP) is 4.61. The van der Waals surface area contributed by atoms with Gasteiger partial charge in [-0.2, -0.15) is 0 Å². The molecule has 0 aromatic heterocycles. The molecular formula is C26H26N2O2. The maximum absolute atomic E-state index is 13.2. The largest absolute Gasteiger partial charge is 0.326 e. The Balaban J connectivity index is 1.56. The summed E-state index contributed by atoms with van der Waals surface area (Å²) < 4.78 is 0. The Kier molecular flexibility index (Phi) is 6.05. The second-order valence-corrected chi connectivity index (χ2v) is 7.77. The molecule has 0 aliphatic carbocycles. The minimum absolute atomic E-state index is 0.0227. The van der Waals surface area contributed by atoms with Crippen LogP contribution in [-0.2, 0) is 16.1 Å². The zero-order valence-electron chi connectivity index (χ0n) is 16.9. The number of carbonyl (C=O) groups excluding carboxylic acids is 2. The normalized spacial score (nSPS) is 19.2. The Morgan fingerprint density at radius 1 is 0.900 bits per heavy atom. The van der Waals surface area contributed by atoms with Gasteiger partial charge in [-0.05, 0) is 41.7 Å². The summed E-state index contributed by atoms with van der Waals surface area (Å²) in [5, 5.41) is 0. The minimum Gasteiger partial charge on any atom is -0.326 e. The lowest BCUT2D eigenvalue weighted by atomic mass is 9.77. The fourth-order valence-corrected chi connectivity index (χ4v) is 4.31. The van der Waals surface area contributed by atoms with Crippen molar-refractivity contribution in [3.63, 3.8) is 0 Å². The van der Waals surface area contributed by atoms with Crippen LogP contribution in [0.5, 0.6) is 0 Å². The monoisotopic (exact) mass is 398 g/mol. The molecule has 3 atom stereocenters. The lowest BCUT2D eigenvalue weighted by Gasteiger charge is -2.48. The predicted molar refractivity (Wildman–Crippen MR) is 119 cm³/mol. The molecule has 30 heavy (non-hydrogen) atoms. The Labute approximate surface area is 177 Å². The first-order valence-electron chi connectivity index (χ1n) is 10.4. The summed E-state index contributed by atoms with van der Waals surface area (Å²) in [6.07, 6.45) is 2.33. The second-order valence-electron chi connectivity index (χ2n) is 7.77. The highest BCUT2D eigenvalue weighted by Crippen LogP contribution is 2.46. The molecule has 3 unspecified atom stereocenters. The maximum atomic E-state index is 13.2. The quantitative estimate of drug-likeness (QED) is 0.445. The summed E-state index contributed by atoms with van der Waals surface area (Å²) in [7, 11) is 0. The van der Waals surface area contributed by atoms with Crippen molar-refractivity contribution in [2.45, 2.75) is 31.3 Å². The molecule has 0 saturated carbocycles. The molecule has 1 amide bonds. The number of anilines is 1. The number of amides is 1. The summed E-state index contributed by atoms with van der Waals surface area (Å²) in [6.45, 7) is 0.478. The van der Waals surface area contributed by atoms with Crippen molar-refractivity contribution in [2.75, 3.05) is 4.90 Å². The zero-order chi connectivity index (χ0) is 20.9. The molecule has 2 N–H and O–H groups in total. The molecule has 3 aromatic rings. The molecule has 1 heterocycles. The van der Waals surface area contributed by atoms with E-state index in [1.54, 1.807) is 0 Å². The van der Waals surface area contributed by atoms with Crippen LogP contribution >= 0.6 is 0 Å². The average molecular weight is 399 g/mol. The van der Waals surface area contributed by atoms with Gasteiger partial charge in [0.2, 0.25) is 5.91 Å². The number of aldehydes is 1. The van der Waals surface area contributed by atoms with Gasteiger partial charge in [0, 0.05) is 18.2 Å². The van der Waals surface area contributed by atoms with E-state index in [0.29, 0.717) is 19.4 Å². The van der Waals surface area contributed by atoms with Crippen LogP contribution in [0.15, 0.2) is 84.9 Å². The molecule has 3 aromatic carbocycles. The van der Waals surface area contributed by atoms with E-state index in [9.17, 15) is 9.59 Å². The molecule has 0 spiro atoms. The molecule has 1 saturated heterocycles. The number of benzene rings is 3. The fourth-order valence-electron chi connectivity index (χ4n) is 4.31. The first-order valence-corrected chi connectivity index (χ1v) is 10.4. The third kappa shape index (κ3) is 3.91. The summed E-state index contributed by atoms with van der Waals surface area (Å²) >= 11 is 0. The summed E-state index contributed by atoms with van der Waals surface area (Å²) in [5.41, 5.74) is 9.76. The lowest BCUT2D eigenvalue weighted by molar-refractivity contribution is -0.131. The van der Waals surface area contributed by atoms with Gasteiger partial charge in [-0.25, -0.2) is 0 Å². The number of hydrogen-bond donors (Lipinski definition) is 1. The molecule has 152 valence electrons. The van der Waals surface area contributed by atoms with E-state index in [0.717, 1.165) is 28.7 Å². The molecular weight excluding hydrogens is 372 g/mol. The molecule has 4 rings (SSSR count). The third-order valence-corrected chi connectivity index (χ3v) is 5.99. The topological polar surface area (TPSA) is 63.4 Å². The fraction of sp³-hybridized carbons (Fsp3) is 0.231. The van der Waals surface area contributed by atoms with Crippen molar-refractivity contribution < 1.29 is 9.59 Å². The van der Waals surface area contributed by atoms with Gasteiger partial charge in [0.05, 0.1) is 12.0 Å². The Morgan fingerprint density at radius 3 is 2.13 bits per heavy atom. The average Bonchev–Trinajstić information content (AvgIpc) is 2.81. The van der Waals surface area contributed by atoms with Crippen LogP contribution in [0.3, 0.4) is 0 Å². The van der Waals surface area contributed by atoms with Gasteiger partial charge in [0.1, 0.15) is 6.29 Å². The van der Waals surface area contributed by atoms with Gasteiger partial charge in [0.25, 0.3) is 0 Å². The summed E-state index contributed by atoms with van der Waals surface area (Å²) in [4.78, 5) is 26.7. The van der Waals surface area contributed by atoms with E-state index in [2.05, 4.69) is 12.1 Å². The molecule has 4 heteroatoms. The van der Waals surface area contributed by atoms with Crippen molar-refractivity contribution in [2.24, 2.45) is 11.7 Å². The smallest absolute Gasteiger partial charge is 0.233 e. The van der Waals surface area contributed by atoms with E-state index in [-0.39, 0.29) is 23.8 Å². The van der Waals surface area contributed by atoms with Crippen molar-refractivity contribution in [3.8, 4) is 0 Å². The highest BCUT2D eigenvalue weighted by Gasteiger charge is 2.48. The van der Waals surface area contributed by atoms with E-state index in [1.807, 2.05) is 77.7 Å². The molecule has 1 fully saturated rings. The molecule has 4 nitrogen and oxygen atoms in total. The van der Waals surface area contributed by atoms with Gasteiger partial charge in [0.15, 0.2) is 0 Å². The molecule has 1 aliphatic heterocycles. The number of nitrogens with two attached hydrogens (primary N) is 1. The number of rotatable bonds is 8. The number of hydrogen-bond acceptors (Lipinski definition) is 3. The van der Waals surface area contributed by atoms with Gasteiger partial charge < -0.3 is 15.4 Å². The number of carbonyl (C=O) groups is 2. The number of nitrogens with zero attached hydrogens (tertiary/aromatic N) is 1. The van der Waals surface area contributed by atoms with Gasteiger partial charge in [-0.15, -0.1) is 0 Å². The number of β-lactam (4-membered cyclic amide) rings is 1. The van der Waals surface area contributed by atoms with E-state index >= 15 is 0 Å². The van der Waals surface area contributed by atoms with Crippen LogP contribution < -0.4 is 10.6 Å². The minimum atomic E-state index is -0.187. The standard InChI is InChI=1S/C26H26N2O2/c27-17-19-11-14-23(15-12-19)28-25(21-9-5-2-6-10-21)24(26(28)30)16-13-22(18-29)20-7-3-1-4-8-20/h1-12,14-15,18,22,24-25H,13,16-17,27H2. The van der Waals surface area contributed by atoms with E-state index in [4.69, 9.17) is 5.73 Å². The van der Waals surface area contributed by atoms with Crippen molar-refractivity contribution in [3.05, 3.63) is 102 Å². The van der Waals surface area contributed by atoms with Crippen molar-refractivity contribution in [1.29, 1.82) is 0 Å². The zero-order valence-corrected chi connectivity index (χ0v) is 16.9. The van der Waals surface area contributed by atoms with Crippen LogP contribution in [-0.4, -0.2) is 12.2 Å². The lowest BCUT2D eigenvalue weighted by Crippen LogP contribution is -2.55. The molecule has 0 radical (unpaired) electrons. The third-order valence-electron chi connectivity index (χ3n) is 5.99. The van der Waals surface area contributed by atoms with E-state index in [1.165, 1.54) is 0 Å². The van der Waals surface area contributed by atoms with Gasteiger partial charge in [-0.1, -0.05) is 72.8 Å². The Bertz CT molecular complexity index is 987. The molecule has 1 aliphatic rings. The van der Waals surface area contributed by atoms with Gasteiger partial charge >= 0.3 is 0 Å². The van der Waals surface area contributed by atoms with Crippen molar-refractivity contribution >= 4 is 17.9 Å². The Hall–Kier alpha value is -3.24. The first-order chi connectivity index (χ1) is 14.7. The molecule has 0 bridgehead atoms. The summed E-state index contributed by atoms with van der Waals surface area (Å²) in [5.74, 6) is -0.205. The highest BCUT2D eigenvalue weighted by atomic mass is 16.2. The first kappa shape index (κ1) is 20.0. The Morgan fingerprint density at radius 2 is 1.53 bits per heavy atom. The SMILES string of the molecule is NCc1ccc(N2C(=O)C(CCC(C=O)c3ccccc3)C2c2ccccc2)cc1. The highest BCUT2D eigenvalue weighted by molar-refractivity contribution is 6.03. The second kappa shape index (κ2) is 9.06. The van der Waals surface area contributed by atoms with Crippen LogP contribution in [0.4, 0.5) is 5.69 Å². The van der Waals surface area contributed by atoms with Crippen LogP contribution in [0.1, 0.15) is 41.5 Å². The van der Waals surface area contributed by atoms with Crippen LogP contribution in [0, 0.1) is 5.92 Å². The van der Waals surface area contributed by atoms with Crippen molar-refractivity contribution in [1.82, 2.24) is 0 Å².